The number of nitrogens with one attached hydrogen (secondary N) is 1. The van der Waals surface area contributed by atoms with E-state index in [0.29, 0.717) is 5.54 Å². The van der Waals surface area contributed by atoms with Crippen molar-refractivity contribution < 1.29 is 0 Å². The van der Waals surface area contributed by atoms with Gasteiger partial charge in [0.1, 0.15) is 0 Å². The van der Waals surface area contributed by atoms with E-state index in [-0.39, 0.29) is 0 Å². The monoisotopic (exact) mass is 153 g/mol. The highest BCUT2D eigenvalue weighted by Crippen LogP contribution is 2.30. The Morgan fingerprint density at radius 1 is 1.64 bits per heavy atom. The minimum absolute atomic E-state index is 0.377. The maximum atomic E-state index is 3.81. The Morgan fingerprint density at radius 2 is 2.36 bits per heavy atom. The topological polar surface area (TPSA) is 12.0 Å². The molecule has 1 aliphatic rings. The van der Waals surface area contributed by atoms with Gasteiger partial charge in [0, 0.05) is 5.54 Å². The zero-order valence-corrected chi connectivity index (χ0v) is 7.69. The minimum Gasteiger partial charge on any atom is -0.311 e. The first-order chi connectivity index (χ1) is 5.21. The third kappa shape index (κ3) is 1.64. The van der Waals surface area contributed by atoms with Crippen molar-refractivity contribution in [1.29, 1.82) is 0 Å². The van der Waals surface area contributed by atoms with E-state index < -0.39 is 0 Å². The van der Waals surface area contributed by atoms with E-state index in [1.54, 1.807) is 0 Å². The molecular formula is C10H19N. The molecule has 0 spiro atoms. The summed E-state index contributed by atoms with van der Waals surface area (Å²) in [6.07, 6.45) is 5.80. The van der Waals surface area contributed by atoms with Crippen LogP contribution in [0.2, 0.25) is 0 Å². The fourth-order valence-corrected chi connectivity index (χ4v) is 1.99. The van der Waals surface area contributed by atoms with E-state index in [4.69, 9.17) is 0 Å². The molecule has 11 heavy (non-hydrogen) atoms. The van der Waals surface area contributed by atoms with Crippen LogP contribution in [0, 0.1) is 5.92 Å². The van der Waals surface area contributed by atoms with Gasteiger partial charge < -0.3 is 5.32 Å². The van der Waals surface area contributed by atoms with Gasteiger partial charge in [-0.2, -0.15) is 0 Å². The van der Waals surface area contributed by atoms with Crippen LogP contribution in [0.5, 0.6) is 0 Å². The van der Waals surface area contributed by atoms with E-state index in [1.165, 1.54) is 19.4 Å². The average molecular weight is 153 g/mol. The molecule has 1 aliphatic heterocycles. The van der Waals surface area contributed by atoms with Crippen molar-refractivity contribution in [2.45, 2.75) is 38.6 Å². The van der Waals surface area contributed by atoms with Crippen molar-refractivity contribution in [2.75, 3.05) is 6.54 Å². The Hall–Kier alpha value is -0.300. The van der Waals surface area contributed by atoms with Crippen LogP contribution in [-0.4, -0.2) is 12.1 Å². The summed E-state index contributed by atoms with van der Waals surface area (Å²) in [6, 6.07) is 0. The summed E-state index contributed by atoms with van der Waals surface area (Å²) in [6.45, 7) is 9.59. The maximum absolute atomic E-state index is 3.81. The minimum atomic E-state index is 0.377. The van der Waals surface area contributed by atoms with Crippen LogP contribution < -0.4 is 5.32 Å². The molecule has 1 saturated heterocycles. The van der Waals surface area contributed by atoms with Crippen LogP contribution in [0.1, 0.15) is 33.1 Å². The van der Waals surface area contributed by atoms with Crippen LogP contribution in [0.4, 0.5) is 0 Å². The molecule has 1 heterocycles. The van der Waals surface area contributed by atoms with Gasteiger partial charge >= 0.3 is 0 Å². The maximum Gasteiger partial charge on any atom is 0.0239 e. The van der Waals surface area contributed by atoms with E-state index in [9.17, 15) is 0 Å². The average Bonchev–Trinajstić information content (AvgIpc) is 2.38. The molecule has 1 N–H and O–H groups in total. The van der Waals surface area contributed by atoms with Crippen LogP contribution >= 0.6 is 0 Å². The van der Waals surface area contributed by atoms with Crippen LogP contribution in [0.25, 0.3) is 0 Å². The van der Waals surface area contributed by atoms with Crippen molar-refractivity contribution in [2.24, 2.45) is 5.92 Å². The van der Waals surface area contributed by atoms with Gasteiger partial charge in [-0.25, -0.2) is 0 Å². The molecule has 0 aromatic heterocycles. The zero-order valence-electron chi connectivity index (χ0n) is 7.69. The van der Waals surface area contributed by atoms with Crippen LogP contribution in [0.15, 0.2) is 12.7 Å². The summed E-state index contributed by atoms with van der Waals surface area (Å²) in [5.41, 5.74) is 0.377. The van der Waals surface area contributed by atoms with Gasteiger partial charge in [-0.15, -0.1) is 6.58 Å². The van der Waals surface area contributed by atoms with Crippen molar-refractivity contribution in [3.05, 3.63) is 12.7 Å². The van der Waals surface area contributed by atoms with Gasteiger partial charge in [0.05, 0.1) is 0 Å². The third-order valence-corrected chi connectivity index (χ3v) is 2.89. The molecule has 1 unspecified atom stereocenters. The molecule has 1 nitrogen and oxygen atoms in total. The van der Waals surface area contributed by atoms with Crippen molar-refractivity contribution >= 4 is 0 Å². The third-order valence-electron chi connectivity index (χ3n) is 2.89. The molecule has 0 aromatic carbocycles. The zero-order chi connectivity index (χ0) is 8.32. The Balaban J connectivity index is 2.61. The Bertz CT molecular complexity index is 132. The molecule has 64 valence electrons. The summed E-state index contributed by atoms with van der Waals surface area (Å²) >= 11 is 0. The molecule has 1 fully saturated rings. The number of hydrogen-bond acceptors (Lipinski definition) is 1. The fourth-order valence-electron chi connectivity index (χ4n) is 1.99. The van der Waals surface area contributed by atoms with E-state index in [2.05, 4.69) is 25.7 Å². The first-order valence-electron chi connectivity index (χ1n) is 4.57. The van der Waals surface area contributed by atoms with Crippen LogP contribution in [0.3, 0.4) is 0 Å². The lowest BCUT2D eigenvalue weighted by Gasteiger charge is -2.32. The molecule has 1 rings (SSSR count). The van der Waals surface area contributed by atoms with E-state index in [0.717, 1.165) is 12.3 Å². The standard InChI is InChI=1S/C10H19N/c1-4-6-10(9(2)3)7-5-8-11-10/h4,9,11H,1,5-8H2,2-3H3. The van der Waals surface area contributed by atoms with Gasteiger partial charge in [-0.3, -0.25) is 0 Å². The van der Waals surface area contributed by atoms with Crippen molar-refractivity contribution in [3.8, 4) is 0 Å². The molecule has 0 aliphatic carbocycles. The number of rotatable bonds is 3. The molecule has 0 saturated carbocycles. The Labute approximate surface area is 69.9 Å². The lowest BCUT2D eigenvalue weighted by Crippen LogP contribution is -2.44. The first-order valence-corrected chi connectivity index (χ1v) is 4.57. The highest BCUT2D eigenvalue weighted by atomic mass is 15.0. The Kier molecular flexibility index (Phi) is 2.72. The van der Waals surface area contributed by atoms with E-state index in [1.807, 2.05) is 6.08 Å². The highest BCUT2D eigenvalue weighted by molar-refractivity contribution is 4.99. The van der Waals surface area contributed by atoms with Crippen molar-refractivity contribution in [3.63, 3.8) is 0 Å². The lowest BCUT2D eigenvalue weighted by molar-refractivity contribution is 0.274. The normalized spacial score (nSPS) is 31.2. The second-order valence-corrected chi connectivity index (χ2v) is 3.83. The fraction of sp³-hybridized carbons (Fsp3) is 0.800. The number of hydrogen-bond donors (Lipinski definition) is 1. The molecule has 0 bridgehead atoms. The molecule has 1 heteroatoms. The summed E-state index contributed by atoms with van der Waals surface area (Å²) in [4.78, 5) is 0. The predicted octanol–water partition coefficient (Wildman–Crippen LogP) is 2.34. The summed E-state index contributed by atoms with van der Waals surface area (Å²) in [7, 11) is 0. The molecule has 0 amide bonds. The first kappa shape index (κ1) is 8.79. The molecule has 0 aromatic rings. The van der Waals surface area contributed by atoms with Gasteiger partial charge in [0.25, 0.3) is 0 Å². The van der Waals surface area contributed by atoms with Gasteiger partial charge in [-0.1, -0.05) is 19.9 Å². The second kappa shape index (κ2) is 3.40. The van der Waals surface area contributed by atoms with E-state index >= 15 is 0 Å². The van der Waals surface area contributed by atoms with Gasteiger partial charge in [0.2, 0.25) is 0 Å². The second-order valence-electron chi connectivity index (χ2n) is 3.83. The van der Waals surface area contributed by atoms with Gasteiger partial charge in [-0.05, 0) is 31.7 Å². The van der Waals surface area contributed by atoms with Crippen LogP contribution in [-0.2, 0) is 0 Å². The lowest BCUT2D eigenvalue weighted by atomic mass is 9.82. The molecule has 1 atom stereocenters. The smallest absolute Gasteiger partial charge is 0.0239 e. The quantitative estimate of drug-likeness (QED) is 0.614. The van der Waals surface area contributed by atoms with Gasteiger partial charge in [0.15, 0.2) is 0 Å². The largest absolute Gasteiger partial charge is 0.311 e. The summed E-state index contributed by atoms with van der Waals surface area (Å²) in [5, 5.41) is 3.60. The summed E-state index contributed by atoms with van der Waals surface area (Å²) < 4.78 is 0. The molecular weight excluding hydrogens is 134 g/mol. The molecule has 0 radical (unpaired) electrons. The summed E-state index contributed by atoms with van der Waals surface area (Å²) in [5.74, 6) is 0.725. The Morgan fingerprint density at radius 3 is 2.73 bits per heavy atom. The predicted molar refractivity (Wildman–Crippen MR) is 49.6 cm³/mol. The van der Waals surface area contributed by atoms with Crippen molar-refractivity contribution in [1.82, 2.24) is 5.32 Å². The SMILES string of the molecule is C=CCC1(C(C)C)CCCN1. The highest BCUT2D eigenvalue weighted by Gasteiger charge is 2.34.